The highest BCUT2D eigenvalue weighted by Crippen LogP contribution is 2.20. The van der Waals surface area contributed by atoms with Gasteiger partial charge in [0.05, 0.1) is 5.69 Å². The van der Waals surface area contributed by atoms with Gasteiger partial charge in [0.2, 0.25) is 0 Å². The monoisotopic (exact) mass is 216 g/mol. The molecule has 0 spiro atoms. The second-order valence-electron chi connectivity index (χ2n) is 2.88. The van der Waals surface area contributed by atoms with Crippen molar-refractivity contribution in [3.8, 4) is 0 Å². The van der Waals surface area contributed by atoms with Crippen molar-refractivity contribution >= 4 is 17.7 Å². The molecule has 0 radical (unpaired) electrons. The molecule has 6 heteroatoms. The molecular weight excluding hydrogens is 204 g/mol. The van der Waals surface area contributed by atoms with Crippen molar-refractivity contribution in [1.82, 2.24) is 4.98 Å². The van der Waals surface area contributed by atoms with Crippen LogP contribution in [0.15, 0.2) is 9.64 Å². The number of carboxylic acids is 1. The molecular formula is C8H12N2O3S. The molecule has 0 saturated carbocycles. The van der Waals surface area contributed by atoms with Crippen molar-refractivity contribution < 1.29 is 14.3 Å². The number of oxazole rings is 1. The Balaban J connectivity index is 2.50. The van der Waals surface area contributed by atoms with Crippen LogP contribution in [0.25, 0.3) is 0 Å². The Labute approximate surface area is 85.7 Å². The molecule has 1 heterocycles. The van der Waals surface area contributed by atoms with E-state index < -0.39 is 12.0 Å². The molecule has 1 rings (SSSR count). The quantitative estimate of drug-likeness (QED) is 0.723. The van der Waals surface area contributed by atoms with Crippen molar-refractivity contribution in [3.63, 3.8) is 0 Å². The Morgan fingerprint density at radius 1 is 1.71 bits per heavy atom. The predicted molar refractivity (Wildman–Crippen MR) is 52.3 cm³/mol. The zero-order valence-electron chi connectivity index (χ0n) is 7.98. The summed E-state index contributed by atoms with van der Waals surface area (Å²) in [5, 5.41) is 9.00. The van der Waals surface area contributed by atoms with Crippen molar-refractivity contribution in [2.75, 3.05) is 5.75 Å². The molecule has 5 nitrogen and oxygen atoms in total. The largest absolute Gasteiger partial charge is 0.480 e. The van der Waals surface area contributed by atoms with E-state index in [2.05, 4.69) is 4.98 Å². The van der Waals surface area contributed by atoms with Crippen LogP contribution in [0.5, 0.6) is 0 Å². The van der Waals surface area contributed by atoms with Gasteiger partial charge in [-0.1, -0.05) is 11.8 Å². The van der Waals surface area contributed by atoms with E-state index >= 15 is 0 Å². The SMILES string of the molecule is Cc1nc(SCC(N)C(=O)O)oc1C. The van der Waals surface area contributed by atoms with Gasteiger partial charge in [-0.15, -0.1) is 0 Å². The first-order chi connectivity index (χ1) is 6.50. The van der Waals surface area contributed by atoms with Crippen LogP contribution in [0.2, 0.25) is 0 Å². The number of nitrogens with two attached hydrogens (primary N) is 1. The fourth-order valence-corrected chi connectivity index (χ4v) is 1.59. The van der Waals surface area contributed by atoms with Crippen molar-refractivity contribution in [1.29, 1.82) is 0 Å². The van der Waals surface area contributed by atoms with Crippen molar-refractivity contribution in [3.05, 3.63) is 11.5 Å². The van der Waals surface area contributed by atoms with Gasteiger partial charge in [0.15, 0.2) is 0 Å². The highest BCUT2D eigenvalue weighted by atomic mass is 32.2. The molecule has 0 amide bonds. The summed E-state index contributed by atoms with van der Waals surface area (Å²) >= 11 is 1.21. The zero-order chi connectivity index (χ0) is 10.7. The number of thioether (sulfide) groups is 1. The van der Waals surface area contributed by atoms with Crippen molar-refractivity contribution in [2.45, 2.75) is 25.1 Å². The lowest BCUT2D eigenvalue weighted by Crippen LogP contribution is -2.32. The van der Waals surface area contributed by atoms with Gasteiger partial charge in [0.1, 0.15) is 11.8 Å². The van der Waals surface area contributed by atoms with Gasteiger partial charge in [0.25, 0.3) is 5.22 Å². The minimum Gasteiger partial charge on any atom is -0.480 e. The topological polar surface area (TPSA) is 89.3 Å². The third-order valence-corrected chi connectivity index (χ3v) is 2.66. The van der Waals surface area contributed by atoms with Gasteiger partial charge < -0.3 is 15.3 Å². The number of hydrogen-bond donors (Lipinski definition) is 2. The summed E-state index contributed by atoms with van der Waals surface area (Å²) in [7, 11) is 0. The number of aromatic nitrogens is 1. The Morgan fingerprint density at radius 2 is 2.36 bits per heavy atom. The van der Waals surface area contributed by atoms with Crippen LogP contribution >= 0.6 is 11.8 Å². The fourth-order valence-electron chi connectivity index (χ4n) is 0.737. The molecule has 0 aliphatic carbocycles. The molecule has 1 aromatic heterocycles. The van der Waals surface area contributed by atoms with E-state index in [0.717, 1.165) is 11.5 Å². The smallest absolute Gasteiger partial charge is 0.321 e. The Morgan fingerprint density at radius 3 is 2.79 bits per heavy atom. The van der Waals surface area contributed by atoms with E-state index in [-0.39, 0.29) is 5.75 Å². The molecule has 0 fully saturated rings. The second kappa shape index (κ2) is 4.47. The fraction of sp³-hybridized carbons (Fsp3) is 0.500. The summed E-state index contributed by atoms with van der Waals surface area (Å²) in [6.07, 6.45) is 0. The minimum atomic E-state index is -1.02. The maximum Gasteiger partial charge on any atom is 0.321 e. The van der Waals surface area contributed by atoms with E-state index in [4.69, 9.17) is 15.3 Å². The first-order valence-corrected chi connectivity index (χ1v) is 5.04. The van der Waals surface area contributed by atoms with E-state index in [1.165, 1.54) is 11.8 Å². The lowest BCUT2D eigenvalue weighted by atomic mass is 10.4. The van der Waals surface area contributed by atoms with Gasteiger partial charge >= 0.3 is 5.97 Å². The number of carboxylic acid groups (broad SMARTS) is 1. The third-order valence-electron chi connectivity index (χ3n) is 1.71. The molecule has 1 aromatic rings. The minimum absolute atomic E-state index is 0.259. The molecule has 3 N–H and O–H groups in total. The lowest BCUT2D eigenvalue weighted by molar-refractivity contribution is -0.137. The highest BCUT2D eigenvalue weighted by Gasteiger charge is 2.14. The number of rotatable bonds is 4. The van der Waals surface area contributed by atoms with Gasteiger partial charge in [-0.2, -0.15) is 0 Å². The summed E-state index contributed by atoms with van der Waals surface area (Å²) in [5.41, 5.74) is 6.14. The zero-order valence-corrected chi connectivity index (χ0v) is 8.80. The maximum absolute atomic E-state index is 10.4. The lowest BCUT2D eigenvalue weighted by Gasteiger charge is -2.02. The number of nitrogens with zero attached hydrogens (tertiary/aromatic N) is 1. The summed E-state index contributed by atoms with van der Waals surface area (Å²) in [6, 6.07) is -0.882. The molecule has 0 aliphatic rings. The molecule has 1 unspecified atom stereocenters. The number of aryl methyl sites for hydroxylation is 2. The molecule has 0 aliphatic heterocycles. The highest BCUT2D eigenvalue weighted by molar-refractivity contribution is 7.99. The van der Waals surface area contributed by atoms with Crippen LogP contribution in [-0.2, 0) is 4.79 Å². The molecule has 1 atom stereocenters. The van der Waals surface area contributed by atoms with Gasteiger partial charge in [0, 0.05) is 5.75 Å². The van der Waals surface area contributed by atoms with Gasteiger partial charge in [-0.25, -0.2) is 4.98 Å². The second-order valence-corrected chi connectivity index (χ2v) is 3.85. The van der Waals surface area contributed by atoms with E-state index in [1.807, 2.05) is 13.8 Å². The summed E-state index contributed by atoms with van der Waals surface area (Å²) in [4.78, 5) is 14.5. The third kappa shape index (κ3) is 2.74. The summed E-state index contributed by atoms with van der Waals surface area (Å²) < 4.78 is 5.25. The molecule has 14 heavy (non-hydrogen) atoms. The number of carbonyl (C=O) groups is 1. The Bertz CT molecular complexity index is 318. The van der Waals surface area contributed by atoms with E-state index in [9.17, 15) is 4.79 Å². The maximum atomic E-state index is 10.4. The van der Waals surface area contributed by atoms with Gasteiger partial charge in [-0.3, -0.25) is 4.79 Å². The number of hydrogen-bond acceptors (Lipinski definition) is 5. The normalized spacial score (nSPS) is 12.8. The standard InChI is InChI=1S/C8H12N2O3S/c1-4-5(2)13-8(10-4)14-3-6(9)7(11)12/h6H,3,9H2,1-2H3,(H,11,12). The van der Waals surface area contributed by atoms with Crippen molar-refractivity contribution in [2.24, 2.45) is 5.73 Å². The van der Waals surface area contributed by atoms with Gasteiger partial charge in [-0.05, 0) is 13.8 Å². The van der Waals surface area contributed by atoms with Crippen LogP contribution < -0.4 is 5.73 Å². The molecule has 78 valence electrons. The average molecular weight is 216 g/mol. The summed E-state index contributed by atoms with van der Waals surface area (Å²) in [6.45, 7) is 3.64. The van der Waals surface area contributed by atoms with E-state index in [1.54, 1.807) is 0 Å². The van der Waals surface area contributed by atoms with Crippen LogP contribution in [0.1, 0.15) is 11.5 Å². The van der Waals surface area contributed by atoms with E-state index in [0.29, 0.717) is 5.22 Å². The van der Waals surface area contributed by atoms with Crippen LogP contribution in [0.3, 0.4) is 0 Å². The summed E-state index contributed by atoms with van der Waals surface area (Å²) in [5.74, 6) is -0.0109. The first-order valence-electron chi connectivity index (χ1n) is 4.06. The van der Waals surface area contributed by atoms with Crippen LogP contribution in [0, 0.1) is 13.8 Å². The Kier molecular flexibility index (Phi) is 3.54. The van der Waals surface area contributed by atoms with Crippen LogP contribution in [-0.4, -0.2) is 27.9 Å². The first kappa shape index (κ1) is 11.1. The number of aliphatic carboxylic acids is 1. The molecule has 0 bridgehead atoms. The average Bonchev–Trinajstić information content (AvgIpc) is 2.42. The molecule has 0 aromatic carbocycles. The predicted octanol–water partition coefficient (Wildman–Crippen LogP) is 0.795. The Hall–Kier alpha value is -1.01. The van der Waals surface area contributed by atoms with Crippen LogP contribution in [0.4, 0.5) is 0 Å². The molecule has 0 saturated heterocycles.